The first-order valence-electron chi connectivity index (χ1n) is 2.53. The van der Waals surface area contributed by atoms with Gasteiger partial charge < -0.3 is 16.6 Å². The molecule has 0 bridgehead atoms. The minimum Gasteiger partial charge on any atom is -0.480 e. The third-order valence-corrected chi connectivity index (χ3v) is 0.765. The van der Waals surface area contributed by atoms with Crippen LogP contribution in [-0.2, 0) is 4.79 Å². The van der Waals surface area contributed by atoms with Gasteiger partial charge in [0.2, 0.25) is 0 Å². The molecule has 0 spiro atoms. The van der Waals surface area contributed by atoms with E-state index >= 15 is 0 Å². The smallest absolute Gasteiger partial charge is 0.324 e. The summed E-state index contributed by atoms with van der Waals surface area (Å²) in [6.07, 6.45) is 2.86. The maximum atomic E-state index is 9.99. The molecular formula is C5H10N2O2. The molecule has 0 aliphatic rings. The molecule has 1 unspecified atom stereocenters. The number of hydrogen-bond donors (Lipinski definition) is 3. The Balaban J connectivity index is 3.62. The van der Waals surface area contributed by atoms with E-state index in [1.165, 1.54) is 12.2 Å². The van der Waals surface area contributed by atoms with Crippen molar-refractivity contribution < 1.29 is 9.90 Å². The molecule has 0 heterocycles. The second kappa shape index (κ2) is 4.05. The Morgan fingerprint density at radius 1 is 1.78 bits per heavy atom. The number of nitrogens with two attached hydrogens (primary N) is 2. The monoisotopic (exact) mass is 130 g/mol. The van der Waals surface area contributed by atoms with Gasteiger partial charge in [-0.2, -0.15) is 0 Å². The molecular weight excluding hydrogens is 120 g/mol. The Kier molecular flexibility index (Phi) is 3.66. The van der Waals surface area contributed by atoms with Crippen LogP contribution in [0.2, 0.25) is 0 Å². The summed E-state index contributed by atoms with van der Waals surface area (Å²) in [6, 6.07) is -0.923. The van der Waals surface area contributed by atoms with E-state index in [9.17, 15) is 4.79 Å². The Labute approximate surface area is 53.1 Å². The van der Waals surface area contributed by atoms with E-state index in [1.807, 2.05) is 0 Å². The number of carboxylic acid groups (broad SMARTS) is 1. The zero-order valence-corrected chi connectivity index (χ0v) is 4.95. The minimum absolute atomic E-state index is 0.320. The average molecular weight is 130 g/mol. The molecule has 0 aromatic carbocycles. The lowest BCUT2D eigenvalue weighted by atomic mass is 10.3. The first-order valence-corrected chi connectivity index (χ1v) is 2.53. The summed E-state index contributed by atoms with van der Waals surface area (Å²) in [6.45, 7) is 0.320. The van der Waals surface area contributed by atoms with Gasteiger partial charge in [0.25, 0.3) is 0 Å². The standard InChI is InChI=1S/C5H10N2O2/c6-3-1-2-4(7)5(8)9/h1-2,4H,3,6-7H2,(H,8,9). The van der Waals surface area contributed by atoms with Gasteiger partial charge >= 0.3 is 5.97 Å². The van der Waals surface area contributed by atoms with Crippen molar-refractivity contribution in [1.29, 1.82) is 0 Å². The van der Waals surface area contributed by atoms with Crippen LogP contribution in [0.5, 0.6) is 0 Å². The van der Waals surface area contributed by atoms with Crippen LogP contribution in [0.4, 0.5) is 0 Å². The number of rotatable bonds is 3. The summed E-state index contributed by atoms with van der Waals surface area (Å²) < 4.78 is 0. The van der Waals surface area contributed by atoms with E-state index in [0.29, 0.717) is 6.54 Å². The summed E-state index contributed by atoms with van der Waals surface area (Å²) in [5.41, 5.74) is 10.1. The Morgan fingerprint density at radius 3 is 2.67 bits per heavy atom. The van der Waals surface area contributed by atoms with E-state index < -0.39 is 12.0 Å². The van der Waals surface area contributed by atoms with Crippen LogP contribution < -0.4 is 11.5 Å². The quantitative estimate of drug-likeness (QED) is 0.423. The highest BCUT2D eigenvalue weighted by Crippen LogP contribution is 1.79. The van der Waals surface area contributed by atoms with Crippen LogP contribution in [0.1, 0.15) is 0 Å². The van der Waals surface area contributed by atoms with E-state index in [0.717, 1.165) is 0 Å². The van der Waals surface area contributed by atoms with Crippen molar-refractivity contribution in [3.05, 3.63) is 12.2 Å². The molecule has 52 valence electrons. The van der Waals surface area contributed by atoms with Crippen molar-refractivity contribution >= 4 is 5.97 Å². The van der Waals surface area contributed by atoms with Gasteiger partial charge in [0.1, 0.15) is 6.04 Å². The maximum absolute atomic E-state index is 9.99. The lowest BCUT2D eigenvalue weighted by molar-refractivity contribution is -0.137. The van der Waals surface area contributed by atoms with Crippen LogP contribution in [-0.4, -0.2) is 23.7 Å². The first-order chi connectivity index (χ1) is 4.18. The Hall–Kier alpha value is -0.870. The predicted molar refractivity (Wildman–Crippen MR) is 33.8 cm³/mol. The van der Waals surface area contributed by atoms with E-state index in [2.05, 4.69) is 0 Å². The van der Waals surface area contributed by atoms with E-state index in [-0.39, 0.29) is 0 Å². The molecule has 0 aliphatic carbocycles. The zero-order chi connectivity index (χ0) is 7.28. The van der Waals surface area contributed by atoms with E-state index in [1.54, 1.807) is 0 Å². The molecule has 0 saturated carbocycles. The SMILES string of the molecule is NCC=CC(N)C(=O)O. The van der Waals surface area contributed by atoms with Gasteiger partial charge in [-0.1, -0.05) is 12.2 Å². The van der Waals surface area contributed by atoms with Gasteiger partial charge in [-0.15, -0.1) is 0 Å². The zero-order valence-electron chi connectivity index (χ0n) is 4.95. The first kappa shape index (κ1) is 8.13. The average Bonchev–Trinajstić information content (AvgIpc) is 1.82. The molecule has 0 radical (unpaired) electrons. The highest BCUT2D eigenvalue weighted by atomic mass is 16.4. The normalized spacial score (nSPS) is 14.0. The van der Waals surface area contributed by atoms with Crippen molar-refractivity contribution in [3.8, 4) is 0 Å². The van der Waals surface area contributed by atoms with Gasteiger partial charge in [-0.05, 0) is 0 Å². The second-order valence-corrected chi connectivity index (χ2v) is 1.53. The van der Waals surface area contributed by atoms with Crippen molar-refractivity contribution in [2.75, 3.05) is 6.54 Å². The minimum atomic E-state index is -1.04. The van der Waals surface area contributed by atoms with Gasteiger partial charge in [-0.3, -0.25) is 4.79 Å². The molecule has 4 nitrogen and oxygen atoms in total. The number of aliphatic carboxylic acids is 1. The molecule has 0 fully saturated rings. The summed E-state index contributed by atoms with van der Waals surface area (Å²) in [5.74, 6) is -1.04. The van der Waals surface area contributed by atoms with Crippen LogP contribution in [0.3, 0.4) is 0 Å². The largest absolute Gasteiger partial charge is 0.480 e. The highest BCUT2D eigenvalue weighted by molar-refractivity contribution is 5.75. The molecule has 4 heteroatoms. The molecule has 0 aliphatic heterocycles. The topological polar surface area (TPSA) is 89.3 Å². The van der Waals surface area contributed by atoms with Crippen molar-refractivity contribution in [3.63, 3.8) is 0 Å². The maximum Gasteiger partial charge on any atom is 0.324 e. The number of carboxylic acids is 1. The third kappa shape index (κ3) is 3.69. The summed E-state index contributed by atoms with van der Waals surface area (Å²) in [5, 5.41) is 8.19. The van der Waals surface area contributed by atoms with Crippen LogP contribution in [0.25, 0.3) is 0 Å². The molecule has 0 saturated heterocycles. The number of hydrogen-bond acceptors (Lipinski definition) is 3. The fourth-order valence-electron chi connectivity index (χ4n) is 0.307. The summed E-state index contributed by atoms with van der Waals surface area (Å²) >= 11 is 0. The summed E-state index contributed by atoms with van der Waals surface area (Å²) in [4.78, 5) is 9.99. The Bertz CT molecular complexity index is 122. The van der Waals surface area contributed by atoms with Gasteiger partial charge in [-0.25, -0.2) is 0 Å². The lowest BCUT2D eigenvalue weighted by Crippen LogP contribution is -2.27. The Morgan fingerprint density at radius 2 is 2.33 bits per heavy atom. The fourth-order valence-corrected chi connectivity index (χ4v) is 0.307. The van der Waals surface area contributed by atoms with Gasteiger partial charge in [0, 0.05) is 6.54 Å². The molecule has 0 amide bonds. The van der Waals surface area contributed by atoms with Crippen LogP contribution >= 0.6 is 0 Å². The second-order valence-electron chi connectivity index (χ2n) is 1.53. The molecule has 5 N–H and O–H groups in total. The molecule has 9 heavy (non-hydrogen) atoms. The predicted octanol–water partition coefficient (Wildman–Crippen LogP) is -1.09. The third-order valence-electron chi connectivity index (χ3n) is 0.765. The van der Waals surface area contributed by atoms with Crippen molar-refractivity contribution in [2.45, 2.75) is 6.04 Å². The van der Waals surface area contributed by atoms with Crippen molar-refractivity contribution in [1.82, 2.24) is 0 Å². The summed E-state index contributed by atoms with van der Waals surface area (Å²) in [7, 11) is 0. The van der Waals surface area contributed by atoms with E-state index in [4.69, 9.17) is 16.6 Å². The highest BCUT2D eigenvalue weighted by Gasteiger charge is 2.04. The molecule has 1 atom stereocenters. The molecule has 0 aromatic heterocycles. The van der Waals surface area contributed by atoms with Crippen LogP contribution in [0.15, 0.2) is 12.2 Å². The molecule has 0 aromatic rings. The van der Waals surface area contributed by atoms with Gasteiger partial charge in [0.15, 0.2) is 0 Å². The fraction of sp³-hybridized carbons (Fsp3) is 0.400. The molecule has 0 rings (SSSR count). The number of carbonyl (C=O) groups is 1. The van der Waals surface area contributed by atoms with Gasteiger partial charge in [0.05, 0.1) is 0 Å². The van der Waals surface area contributed by atoms with Crippen molar-refractivity contribution in [2.24, 2.45) is 11.5 Å². The lowest BCUT2D eigenvalue weighted by Gasteiger charge is -1.95. The van der Waals surface area contributed by atoms with Crippen LogP contribution in [0, 0.1) is 0 Å².